The molecule has 1 aromatic rings. The maximum absolute atomic E-state index is 12.2. The molecule has 1 saturated heterocycles. The molecule has 5 nitrogen and oxygen atoms in total. The van der Waals surface area contributed by atoms with Gasteiger partial charge in [-0.15, -0.1) is 0 Å². The van der Waals surface area contributed by atoms with E-state index >= 15 is 0 Å². The van der Waals surface area contributed by atoms with Gasteiger partial charge in [-0.3, -0.25) is 0 Å². The van der Waals surface area contributed by atoms with E-state index in [-0.39, 0.29) is 6.54 Å². The minimum absolute atomic E-state index is 0.274. The number of nitrogens with zero attached hydrogens (tertiary/aromatic N) is 1. The van der Waals surface area contributed by atoms with Gasteiger partial charge < -0.3 is 5.73 Å². The molecule has 0 saturated carbocycles. The Labute approximate surface area is 125 Å². The number of hydrogen-bond donors (Lipinski definition) is 2. The Kier molecular flexibility index (Phi) is 5.40. The fourth-order valence-electron chi connectivity index (χ4n) is 2.25. The van der Waals surface area contributed by atoms with Crippen molar-refractivity contribution in [2.45, 2.75) is 19.4 Å². The lowest BCUT2D eigenvalue weighted by molar-refractivity contribution is 0.275. The van der Waals surface area contributed by atoms with E-state index in [0.717, 1.165) is 18.4 Å². The molecule has 0 amide bonds. The quantitative estimate of drug-likeness (QED) is 0.860. The number of nitrogens with two attached hydrogens (primary N) is 1. The highest BCUT2D eigenvalue weighted by molar-refractivity contribution is 7.87. The summed E-state index contributed by atoms with van der Waals surface area (Å²) in [6.07, 6.45) is 1.66. The number of benzene rings is 1. The van der Waals surface area contributed by atoms with Crippen molar-refractivity contribution in [1.82, 2.24) is 9.03 Å². The van der Waals surface area contributed by atoms with Crippen molar-refractivity contribution in [1.29, 1.82) is 0 Å². The van der Waals surface area contributed by atoms with Crippen molar-refractivity contribution in [3.8, 4) is 0 Å². The highest BCUT2D eigenvalue weighted by Crippen LogP contribution is 2.18. The van der Waals surface area contributed by atoms with Crippen LogP contribution in [0.2, 0.25) is 5.02 Å². The molecule has 0 aliphatic carbocycles. The Morgan fingerprint density at radius 1 is 1.25 bits per heavy atom. The zero-order valence-corrected chi connectivity index (χ0v) is 12.8. The largest absolute Gasteiger partial charge is 0.330 e. The predicted molar refractivity (Wildman–Crippen MR) is 80.6 cm³/mol. The lowest BCUT2D eigenvalue weighted by atomic mass is 9.99. The first-order valence-electron chi connectivity index (χ1n) is 6.70. The third kappa shape index (κ3) is 4.17. The second kappa shape index (κ2) is 6.87. The average Bonchev–Trinajstić information content (AvgIpc) is 2.47. The molecule has 0 bridgehead atoms. The van der Waals surface area contributed by atoms with Gasteiger partial charge in [0, 0.05) is 24.7 Å². The normalized spacial score (nSPS) is 18.3. The maximum atomic E-state index is 12.2. The zero-order chi connectivity index (χ0) is 14.6. The third-order valence-electron chi connectivity index (χ3n) is 3.62. The van der Waals surface area contributed by atoms with Gasteiger partial charge in [-0.25, -0.2) is 0 Å². The molecule has 1 aliphatic heterocycles. The van der Waals surface area contributed by atoms with Gasteiger partial charge in [0.1, 0.15) is 0 Å². The van der Waals surface area contributed by atoms with Crippen LogP contribution in [-0.4, -0.2) is 32.4 Å². The first-order valence-corrected chi connectivity index (χ1v) is 8.52. The molecular weight excluding hydrogens is 298 g/mol. The molecule has 1 aromatic carbocycles. The van der Waals surface area contributed by atoms with E-state index < -0.39 is 10.2 Å². The fraction of sp³-hybridized carbons (Fsp3) is 0.538. The van der Waals surface area contributed by atoms with Gasteiger partial charge in [-0.05, 0) is 43.0 Å². The summed E-state index contributed by atoms with van der Waals surface area (Å²) in [6, 6.07) is 7.12. The minimum atomic E-state index is -3.41. The van der Waals surface area contributed by atoms with E-state index in [1.54, 1.807) is 12.1 Å². The van der Waals surface area contributed by atoms with Gasteiger partial charge in [0.15, 0.2) is 0 Å². The third-order valence-corrected chi connectivity index (χ3v) is 5.42. The summed E-state index contributed by atoms with van der Waals surface area (Å²) in [5, 5.41) is 0.639. The molecule has 0 atom stereocenters. The fourth-order valence-corrected chi connectivity index (χ4v) is 3.60. The van der Waals surface area contributed by atoms with E-state index in [0.29, 0.717) is 30.6 Å². The van der Waals surface area contributed by atoms with Crippen LogP contribution in [0.15, 0.2) is 24.3 Å². The summed E-state index contributed by atoms with van der Waals surface area (Å²) in [5.41, 5.74) is 6.49. The minimum Gasteiger partial charge on any atom is -0.330 e. The Hall–Kier alpha value is -0.660. The van der Waals surface area contributed by atoms with Crippen LogP contribution in [-0.2, 0) is 16.8 Å². The van der Waals surface area contributed by atoms with Gasteiger partial charge >= 0.3 is 0 Å². The second-order valence-electron chi connectivity index (χ2n) is 5.03. The molecule has 0 radical (unpaired) electrons. The molecule has 1 aliphatic rings. The molecule has 0 unspecified atom stereocenters. The van der Waals surface area contributed by atoms with Crippen LogP contribution >= 0.6 is 11.6 Å². The van der Waals surface area contributed by atoms with Gasteiger partial charge in [-0.2, -0.15) is 17.4 Å². The molecular formula is C13H20ClN3O2S. The highest BCUT2D eigenvalue weighted by atomic mass is 35.5. The number of rotatable bonds is 5. The number of piperidine rings is 1. The number of halogens is 1. The van der Waals surface area contributed by atoms with Crippen molar-refractivity contribution in [2.24, 2.45) is 11.7 Å². The number of nitrogens with one attached hydrogen (secondary N) is 1. The molecule has 20 heavy (non-hydrogen) atoms. The van der Waals surface area contributed by atoms with Gasteiger partial charge in [0.25, 0.3) is 10.2 Å². The second-order valence-corrected chi connectivity index (χ2v) is 7.22. The van der Waals surface area contributed by atoms with E-state index in [4.69, 9.17) is 17.3 Å². The summed E-state index contributed by atoms with van der Waals surface area (Å²) in [6.45, 7) is 1.98. The molecule has 112 valence electrons. The predicted octanol–water partition coefficient (Wildman–Crippen LogP) is 1.35. The molecule has 0 spiro atoms. The Morgan fingerprint density at radius 3 is 2.40 bits per heavy atom. The summed E-state index contributed by atoms with van der Waals surface area (Å²) in [4.78, 5) is 0. The lowest BCUT2D eigenvalue weighted by Gasteiger charge is -2.30. The highest BCUT2D eigenvalue weighted by Gasteiger charge is 2.26. The standard InChI is InChI=1S/C13H20ClN3O2S/c14-13-3-1-12(2-4-13)10-16-20(18,19)17-7-5-11(9-15)6-8-17/h1-4,11,16H,5-10,15H2. The van der Waals surface area contributed by atoms with Crippen molar-refractivity contribution >= 4 is 21.8 Å². The monoisotopic (exact) mass is 317 g/mol. The molecule has 7 heteroatoms. The molecule has 2 rings (SSSR count). The Bertz CT molecular complexity index is 525. The van der Waals surface area contributed by atoms with Crippen LogP contribution in [0.25, 0.3) is 0 Å². The van der Waals surface area contributed by atoms with Crippen LogP contribution in [0.3, 0.4) is 0 Å². The van der Waals surface area contributed by atoms with E-state index in [1.165, 1.54) is 4.31 Å². The van der Waals surface area contributed by atoms with Crippen LogP contribution in [0.5, 0.6) is 0 Å². The summed E-state index contributed by atoms with van der Waals surface area (Å²) in [5.74, 6) is 0.442. The average molecular weight is 318 g/mol. The van der Waals surface area contributed by atoms with Gasteiger partial charge in [0.05, 0.1) is 0 Å². The first-order chi connectivity index (χ1) is 9.51. The molecule has 1 heterocycles. The number of hydrogen-bond acceptors (Lipinski definition) is 3. The molecule has 3 N–H and O–H groups in total. The molecule has 1 fully saturated rings. The van der Waals surface area contributed by atoms with Crippen molar-refractivity contribution in [3.05, 3.63) is 34.9 Å². The topological polar surface area (TPSA) is 75.4 Å². The van der Waals surface area contributed by atoms with Gasteiger partial charge in [0.2, 0.25) is 0 Å². The van der Waals surface area contributed by atoms with Crippen LogP contribution < -0.4 is 10.5 Å². The maximum Gasteiger partial charge on any atom is 0.279 e. The molecule has 0 aromatic heterocycles. The van der Waals surface area contributed by atoms with Crippen molar-refractivity contribution in [2.75, 3.05) is 19.6 Å². The van der Waals surface area contributed by atoms with Crippen molar-refractivity contribution in [3.63, 3.8) is 0 Å². The van der Waals surface area contributed by atoms with Crippen LogP contribution in [0, 0.1) is 5.92 Å². The SMILES string of the molecule is NCC1CCN(S(=O)(=O)NCc2ccc(Cl)cc2)CC1. The first kappa shape index (κ1) is 15.7. The smallest absolute Gasteiger partial charge is 0.279 e. The van der Waals surface area contributed by atoms with E-state index in [1.807, 2.05) is 12.1 Å². The summed E-state index contributed by atoms with van der Waals surface area (Å²) >= 11 is 5.79. The summed E-state index contributed by atoms with van der Waals surface area (Å²) in [7, 11) is -3.41. The van der Waals surface area contributed by atoms with Crippen LogP contribution in [0.1, 0.15) is 18.4 Å². The lowest BCUT2D eigenvalue weighted by Crippen LogP contribution is -2.45. The van der Waals surface area contributed by atoms with Crippen molar-refractivity contribution < 1.29 is 8.42 Å². The Morgan fingerprint density at radius 2 is 1.85 bits per heavy atom. The van der Waals surface area contributed by atoms with Gasteiger partial charge in [-0.1, -0.05) is 23.7 Å². The zero-order valence-electron chi connectivity index (χ0n) is 11.3. The van der Waals surface area contributed by atoms with Crippen LogP contribution in [0.4, 0.5) is 0 Å². The Balaban J connectivity index is 1.89. The van der Waals surface area contributed by atoms with E-state index in [9.17, 15) is 8.42 Å². The summed E-state index contributed by atoms with van der Waals surface area (Å²) < 4.78 is 28.5. The van der Waals surface area contributed by atoms with E-state index in [2.05, 4.69) is 4.72 Å².